The van der Waals surface area contributed by atoms with Crippen molar-refractivity contribution in [3.63, 3.8) is 0 Å². The Morgan fingerprint density at radius 2 is 1.76 bits per heavy atom. The number of anilines is 1. The van der Waals surface area contributed by atoms with Crippen LogP contribution >= 0.6 is 35.4 Å². The Morgan fingerprint density at radius 1 is 1.14 bits per heavy atom. The monoisotopic (exact) mass is 342 g/mol. The number of amides is 1. The second kappa shape index (κ2) is 6.39. The molecule has 3 N–H and O–H groups in total. The molecule has 21 heavy (non-hydrogen) atoms. The van der Waals surface area contributed by atoms with E-state index >= 15 is 0 Å². The van der Waals surface area contributed by atoms with Crippen molar-refractivity contribution in [1.29, 1.82) is 0 Å². The van der Waals surface area contributed by atoms with Crippen molar-refractivity contribution in [2.24, 2.45) is 5.73 Å². The lowest BCUT2D eigenvalue weighted by Crippen LogP contribution is -2.15. The van der Waals surface area contributed by atoms with Gasteiger partial charge in [-0.25, -0.2) is 4.39 Å². The second-order valence-corrected chi connectivity index (χ2v) is 5.48. The third-order valence-electron chi connectivity index (χ3n) is 2.61. The van der Waals surface area contributed by atoms with Gasteiger partial charge in [0, 0.05) is 26.9 Å². The number of nitrogens with two attached hydrogens (primary N) is 1. The van der Waals surface area contributed by atoms with Crippen molar-refractivity contribution in [2.75, 3.05) is 5.32 Å². The molecule has 0 heterocycles. The van der Waals surface area contributed by atoms with Crippen molar-refractivity contribution in [2.45, 2.75) is 0 Å². The van der Waals surface area contributed by atoms with Gasteiger partial charge in [-0.1, -0.05) is 35.4 Å². The molecular formula is C14H9Cl2FN2OS. The summed E-state index contributed by atoms with van der Waals surface area (Å²) in [5.41, 5.74) is 6.12. The molecule has 108 valence electrons. The molecule has 3 nitrogen and oxygen atoms in total. The lowest BCUT2D eigenvalue weighted by atomic mass is 10.1. The summed E-state index contributed by atoms with van der Waals surface area (Å²) >= 11 is 16.4. The summed E-state index contributed by atoms with van der Waals surface area (Å²) in [5, 5.41) is 3.28. The van der Waals surface area contributed by atoms with E-state index in [1.54, 1.807) is 0 Å². The van der Waals surface area contributed by atoms with Gasteiger partial charge in [-0.2, -0.15) is 0 Å². The van der Waals surface area contributed by atoms with Gasteiger partial charge in [0.05, 0.1) is 0 Å². The Hall–Kier alpha value is -1.69. The number of carbonyl (C=O) groups is 1. The first-order chi connectivity index (χ1) is 9.86. The number of thiocarbonyl (C=S) groups is 1. The van der Waals surface area contributed by atoms with Gasteiger partial charge in [0.25, 0.3) is 5.91 Å². The van der Waals surface area contributed by atoms with Crippen LogP contribution in [0.15, 0.2) is 36.4 Å². The third-order valence-corrected chi connectivity index (χ3v) is 3.27. The summed E-state index contributed by atoms with van der Waals surface area (Å²) in [5.74, 6) is -0.980. The molecule has 2 rings (SSSR count). The maximum atomic E-state index is 13.5. The quantitative estimate of drug-likeness (QED) is 0.828. The van der Waals surface area contributed by atoms with E-state index in [1.807, 2.05) is 0 Å². The summed E-state index contributed by atoms with van der Waals surface area (Å²) < 4.78 is 13.5. The Labute approximate surface area is 135 Å². The van der Waals surface area contributed by atoms with Crippen LogP contribution in [0, 0.1) is 5.82 Å². The molecule has 2 aromatic rings. The standard InChI is InChI=1S/C14H9Cl2FN2OS/c15-8-3-7(4-9(16)5-8)14(20)19-10-1-2-12(17)11(6-10)13(18)21/h1-6H,(H2,18,21)(H,19,20). The topological polar surface area (TPSA) is 55.1 Å². The highest BCUT2D eigenvalue weighted by Gasteiger charge is 2.11. The molecule has 2 aromatic carbocycles. The minimum atomic E-state index is -0.550. The van der Waals surface area contributed by atoms with E-state index in [1.165, 1.54) is 36.4 Å². The van der Waals surface area contributed by atoms with Crippen molar-refractivity contribution in [3.05, 3.63) is 63.4 Å². The average Bonchev–Trinajstić information content (AvgIpc) is 2.39. The highest BCUT2D eigenvalue weighted by atomic mass is 35.5. The van der Waals surface area contributed by atoms with E-state index < -0.39 is 11.7 Å². The lowest BCUT2D eigenvalue weighted by molar-refractivity contribution is 0.102. The summed E-state index contributed by atoms with van der Waals surface area (Å²) in [4.78, 5) is 12.0. The van der Waals surface area contributed by atoms with Crippen molar-refractivity contribution in [3.8, 4) is 0 Å². The number of carbonyl (C=O) groups excluding carboxylic acids is 1. The van der Waals surface area contributed by atoms with Gasteiger partial charge < -0.3 is 11.1 Å². The normalized spacial score (nSPS) is 10.2. The molecule has 7 heteroatoms. The fourth-order valence-electron chi connectivity index (χ4n) is 1.68. The van der Waals surface area contributed by atoms with Gasteiger partial charge >= 0.3 is 0 Å². The zero-order valence-corrected chi connectivity index (χ0v) is 12.8. The fourth-order valence-corrected chi connectivity index (χ4v) is 2.36. The van der Waals surface area contributed by atoms with Crippen LogP contribution in [0.1, 0.15) is 15.9 Å². The van der Waals surface area contributed by atoms with Crippen LogP contribution < -0.4 is 11.1 Å². The minimum Gasteiger partial charge on any atom is -0.389 e. The lowest BCUT2D eigenvalue weighted by Gasteiger charge is -2.08. The van der Waals surface area contributed by atoms with Gasteiger partial charge in [0.2, 0.25) is 0 Å². The van der Waals surface area contributed by atoms with Crippen molar-refractivity contribution < 1.29 is 9.18 Å². The molecule has 0 fully saturated rings. The first-order valence-corrected chi connectivity index (χ1v) is 6.90. The zero-order chi connectivity index (χ0) is 15.6. The Balaban J connectivity index is 2.27. The van der Waals surface area contributed by atoms with Crippen LogP contribution in [-0.4, -0.2) is 10.9 Å². The van der Waals surface area contributed by atoms with E-state index in [-0.39, 0.29) is 16.1 Å². The maximum absolute atomic E-state index is 13.5. The number of nitrogens with one attached hydrogen (secondary N) is 1. The highest BCUT2D eigenvalue weighted by molar-refractivity contribution is 7.80. The Kier molecular flexibility index (Phi) is 4.77. The fraction of sp³-hybridized carbons (Fsp3) is 0. The van der Waals surface area contributed by atoms with E-state index in [4.69, 9.17) is 41.2 Å². The Morgan fingerprint density at radius 3 is 2.33 bits per heavy atom. The summed E-state index contributed by atoms with van der Waals surface area (Å²) in [7, 11) is 0. The molecule has 0 aliphatic rings. The predicted molar refractivity (Wildman–Crippen MR) is 86.7 cm³/mol. The minimum absolute atomic E-state index is 0.0620. The molecule has 0 saturated carbocycles. The molecule has 0 unspecified atom stereocenters. The van der Waals surface area contributed by atoms with Gasteiger partial charge in [0.15, 0.2) is 0 Å². The molecule has 0 bridgehead atoms. The van der Waals surface area contributed by atoms with Crippen LogP contribution in [-0.2, 0) is 0 Å². The van der Waals surface area contributed by atoms with E-state index in [0.717, 1.165) is 0 Å². The first-order valence-electron chi connectivity index (χ1n) is 5.73. The Bertz CT molecular complexity index is 717. The van der Waals surface area contributed by atoms with Crippen LogP contribution in [0.5, 0.6) is 0 Å². The van der Waals surface area contributed by atoms with E-state index in [9.17, 15) is 9.18 Å². The largest absolute Gasteiger partial charge is 0.389 e. The van der Waals surface area contributed by atoms with Crippen LogP contribution in [0.3, 0.4) is 0 Å². The number of hydrogen-bond donors (Lipinski definition) is 2. The van der Waals surface area contributed by atoms with E-state index in [0.29, 0.717) is 15.7 Å². The van der Waals surface area contributed by atoms with Crippen LogP contribution in [0.25, 0.3) is 0 Å². The molecule has 0 aliphatic heterocycles. The molecular weight excluding hydrogens is 334 g/mol. The summed E-state index contributed by atoms with van der Waals surface area (Å²) in [6, 6.07) is 8.40. The zero-order valence-electron chi connectivity index (χ0n) is 10.5. The number of halogens is 3. The number of benzene rings is 2. The number of rotatable bonds is 3. The van der Waals surface area contributed by atoms with Gasteiger partial charge in [-0.05, 0) is 36.4 Å². The predicted octanol–water partition coefficient (Wildman–Crippen LogP) is 4.02. The molecule has 1 amide bonds. The summed E-state index contributed by atoms with van der Waals surface area (Å²) in [6.07, 6.45) is 0. The third kappa shape index (κ3) is 3.91. The first kappa shape index (κ1) is 15.7. The second-order valence-electron chi connectivity index (χ2n) is 4.17. The molecule has 0 atom stereocenters. The van der Waals surface area contributed by atoms with Gasteiger partial charge in [0.1, 0.15) is 10.8 Å². The average molecular weight is 343 g/mol. The highest BCUT2D eigenvalue weighted by Crippen LogP contribution is 2.21. The molecule has 0 aliphatic carbocycles. The number of hydrogen-bond acceptors (Lipinski definition) is 2. The van der Waals surface area contributed by atoms with Crippen LogP contribution in [0.2, 0.25) is 10.0 Å². The van der Waals surface area contributed by atoms with Gasteiger partial charge in [-0.15, -0.1) is 0 Å². The smallest absolute Gasteiger partial charge is 0.255 e. The molecule has 0 aromatic heterocycles. The van der Waals surface area contributed by atoms with Crippen molar-refractivity contribution in [1.82, 2.24) is 0 Å². The van der Waals surface area contributed by atoms with Crippen molar-refractivity contribution >= 4 is 52.0 Å². The van der Waals surface area contributed by atoms with Gasteiger partial charge in [-0.3, -0.25) is 4.79 Å². The van der Waals surface area contributed by atoms with E-state index in [2.05, 4.69) is 5.32 Å². The SMILES string of the molecule is NC(=S)c1cc(NC(=O)c2cc(Cl)cc(Cl)c2)ccc1F. The molecule has 0 radical (unpaired) electrons. The maximum Gasteiger partial charge on any atom is 0.255 e. The molecule has 0 spiro atoms. The summed E-state index contributed by atoms with van der Waals surface area (Å²) in [6.45, 7) is 0. The molecule has 0 saturated heterocycles. The van der Waals surface area contributed by atoms with Crippen LogP contribution in [0.4, 0.5) is 10.1 Å².